The summed E-state index contributed by atoms with van der Waals surface area (Å²) in [6.45, 7) is 4.11. The summed E-state index contributed by atoms with van der Waals surface area (Å²) in [5.74, 6) is -1.22. The number of thiazole rings is 1. The Labute approximate surface area is 181 Å². The lowest BCUT2D eigenvalue weighted by Crippen LogP contribution is -2.36. The molecule has 0 aliphatic heterocycles. The number of benzene rings is 2. The Kier molecular flexibility index (Phi) is 5.77. The summed E-state index contributed by atoms with van der Waals surface area (Å²) in [7, 11) is 0. The summed E-state index contributed by atoms with van der Waals surface area (Å²) in [6.07, 6.45) is 0.481. The number of rotatable bonds is 5. The molecular formula is C22H20FN5O2S. The summed E-state index contributed by atoms with van der Waals surface area (Å²) in [6, 6.07) is 11.6. The van der Waals surface area contributed by atoms with Crippen molar-refractivity contribution in [2.75, 3.05) is 11.9 Å². The molecule has 7 nitrogen and oxygen atoms in total. The summed E-state index contributed by atoms with van der Waals surface area (Å²) >= 11 is 1.43. The number of nitrogens with one attached hydrogen (secondary N) is 2. The minimum absolute atomic E-state index is 0.275. The van der Waals surface area contributed by atoms with Crippen molar-refractivity contribution >= 4 is 33.8 Å². The van der Waals surface area contributed by atoms with E-state index in [0.717, 1.165) is 22.4 Å². The van der Waals surface area contributed by atoms with Crippen LogP contribution < -0.4 is 10.6 Å². The third-order valence-electron chi connectivity index (χ3n) is 4.76. The second-order valence-electron chi connectivity index (χ2n) is 7.14. The molecule has 0 spiro atoms. The van der Waals surface area contributed by atoms with Crippen LogP contribution in [0.5, 0.6) is 0 Å². The zero-order chi connectivity index (χ0) is 22.0. The fourth-order valence-corrected chi connectivity index (χ4v) is 3.99. The lowest BCUT2D eigenvalue weighted by molar-refractivity contribution is -0.136. The zero-order valence-corrected chi connectivity index (χ0v) is 17.8. The maximum atomic E-state index is 13.1. The first-order chi connectivity index (χ1) is 14.9. The second kappa shape index (κ2) is 8.65. The maximum Gasteiger partial charge on any atom is 0.313 e. The molecule has 2 N–H and O–H groups in total. The van der Waals surface area contributed by atoms with E-state index in [2.05, 4.69) is 20.7 Å². The fraction of sp³-hybridized carbons (Fsp3) is 0.182. The van der Waals surface area contributed by atoms with E-state index >= 15 is 0 Å². The quantitative estimate of drug-likeness (QED) is 0.468. The zero-order valence-electron chi connectivity index (χ0n) is 17.0. The van der Waals surface area contributed by atoms with Gasteiger partial charge in [0.2, 0.25) is 4.96 Å². The van der Waals surface area contributed by atoms with Crippen molar-refractivity contribution in [2.45, 2.75) is 20.3 Å². The molecule has 0 bridgehead atoms. The molecule has 0 atom stereocenters. The fourth-order valence-electron chi connectivity index (χ4n) is 3.14. The molecule has 0 radical (unpaired) electrons. The number of aryl methyl sites for hydroxylation is 2. The monoisotopic (exact) mass is 437 g/mol. The first-order valence-electron chi connectivity index (χ1n) is 9.66. The van der Waals surface area contributed by atoms with Crippen LogP contribution >= 0.6 is 11.3 Å². The normalized spacial score (nSPS) is 10.9. The molecule has 4 rings (SSSR count). The molecule has 9 heteroatoms. The van der Waals surface area contributed by atoms with Gasteiger partial charge >= 0.3 is 11.8 Å². The van der Waals surface area contributed by atoms with E-state index < -0.39 is 11.8 Å². The van der Waals surface area contributed by atoms with Crippen LogP contribution in [0.25, 0.3) is 16.3 Å². The minimum Gasteiger partial charge on any atom is -0.347 e. The Hall–Kier alpha value is -3.59. The van der Waals surface area contributed by atoms with Gasteiger partial charge in [-0.2, -0.15) is 4.98 Å². The van der Waals surface area contributed by atoms with Gasteiger partial charge in [0.05, 0.1) is 5.69 Å². The molecule has 0 saturated carbocycles. The van der Waals surface area contributed by atoms with Crippen molar-refractivity contribution in [1.29, 1.82) is 0 Å². The highest BCUT2D eigenvalue weighted by atomic mass is 32.1. The Morgan fingerprint density at radius 2 is 1.87 bits per heavy atom. The van der Waals surface area contributed by atoms with E-state index in [4.69, 9.17) is 0 Å². The van der Waals surface area contributed by atoms with Gasteiger partial charge in [0.15, 0.2) is 5.82 Å². The van der Waals surface area contributed by atoms with Crippen LogP contribution in [-0.4, -0.2) is 33.0 Å². The molecule has 2 aromatic heterocycles. The van der Waals surface area contributed by atoms with Gasteiger partial charge < -0.3 is 10.6 Å². The maximum absolute atomic E-state index is 13.1. The van der Waals surface area contributed by atoms with E-state index in [0.29, 0.717) is 22.9 Å². The molecule has 31 heavy (non-hydrogen) atoms. The lowest BCUT2D eigenvalue weighted by Gasteiger charge is -2.09. The van der Waals surface area contributed by atoms with Crippen molar-refractivity contribution in [1.82, 2.24) is 19.9 Å². The Balaban J connectivity index is 1.36. The van der Waals surface area contributed by atoms with Crippen LogP contribution in [0.3, 0.4) is 0 Å². The molecule has 2 amide bonds. The third kappa shape index (κ3) is 4.61. The average molecular weight is 438 g/mol. The van der Waals surface area contributed by atoms with Crippen molar-refractivity contribution < 1.29 is 14.0 Å². The minimum atomic E-state index is -0.707. The Morgan fingerprint density at radius 3 is 2.61 bits per heavy atom. The Bertz CT molecular complexity index is 1260. The highest BCUT2D eigenvalue weighted by molar-refractivity contribution is 7.15. The van der Waals surface area contributed by atoms with Gasteiger partial charge in [0, 0.05) is 29.6 Å². The van der Waals surface area contributed by atoms with Gasteiger partial charge in [-0.05, 0) is 49.7 Å². The average Bonchev–Trinajstić information content (AvgIpc) is 3.32. The van der Waals surface area contributed by atoms with Gasteiger partial charge in [-0.3, -0.25) is 9.59 Å². The molecule has 0 aliphatic carbocycles. The van der Waals surface area contributed by atoms with Crippen molar-refractivity contribution in [3.05, 3.63) is 70.5 Å². The number of amides is 2. The van der Waals surface area contributed by atoms with E-state index in [9.17, 15) is 14.0 Å². The predicted octanol–water partition coefficient (Wildman–Crippen LogP) is 3.51. The first-order valence-corrected chi connectivity index (χ1v) is 10.5. The van der Waals surface area contributed by atoms with Gasteiger partial charge in [-0.1, -0.05) is 17.7 Å². The van der Waals surface area contributed by atoms with E-state index in [-0.39, 0.29) is 12.4 Å². The molecule has 4 aromatic rings. The number of carbonyl (C=O) groups excluding carboxylic acids is 2. The van der Waals surface area contributed by atoms with Gasteiger partial charge in [0.1, 0.15) is 5.82 Å². The number of nitrogens with zero attached hydrogens (tertiary/aromatic N) is 3. The second-order valence-corrected chi connectivity index (χ2v) is 7.98. The number of hydrogen-bond acceptors (Lipinski definition) is 5. The molecular weight excluding hydrogens is 417 g/mol. The van der Waals surface area contributed by atoms with Crippen LogP contribution in [0.15, 0.2) is 47.8 Å². The lowest BCUT2D eigenvalue weighted by atomic mass is 10.1. The SMILES string of the molecule is Cc1ccc(NC(=O)C(=O)NCCc2csc3nc(-c4ccc(F)cc4)nn23)c(C)c1. The van der Waals surface area contributed by atoms with Crippen LogP contribution in [0.4, 0.5) is 10.1 Å². The van der Waals surface area contributed by atoms with E-state index in [1.807, 2.05) is 31.4 Å². The first kappa shape index (κ1) is 20.7. The van der Waals surface area contributed by atoms with Crippen molar-refractivity contribution in [3.63, 3.8) is 0 Å². The highest BCUT2D eigenvalue weighted by Crippen LogP contribution is 2.21. The standard InChI is InChI=1S/C22H20FN5O2S/c1-13-3-8-18(14(2)11-13)25-21(30)20(29)24-10-9-17-12-31-22-26-19(27-28(17)22)15-4-6-16(23)7-5-15/h3-8,11-12H,9-10H2,1-2H3,(H,24,29)(H,25,30). The number of fused-ring (bicyclic) bond motifs is 1. The molecule has 158 valence electrons. The van der Waals surface area contributed by atoms with E-state index in [1.54, 1.807) is 22.7 Å². The van der Waals surface area contributed by atoms with Crippen LogP contribution in [0.1, 0.15) is 16.8 Å². The number of hydrogen-bond donors (Lipinski definition) is 2. The van der Waals surface area contributed by atoms with Gasteiger partial charge in [-0.25, -0.2) is 8.91 Å². The van der Waals surface area contributed by atoms with Crippen LogP contribution in [0, 0.1) is 19.7 Å². The van der Waals surface area contributed by atoms with Crippen molar-refractivity contribution in [2.24, 2.45) is 0 Å². The highest BCUT2D eigenvalue weighted by Gasteiger charge is 2.16. The summed E-state index contributed by atoms with van der Waals surface area (Å²) in [5.41, 5.74) is 4.17. The molecule has 0 fully saturated rings. The number of carbonyl (C=O) groups is 2. The van der Waals surface area contributed by atoms with Crippen LogP contribution in [0.2, 0.25) is 0 Å². The van der Waals surface area contributed by atoms with Crippen LogP contribution in [-0.2, 0) is 16.0 Å². The van der Waals surface area contributed by atoms with E-state index in [1.165, 1.54) is 23.5 Å². The summed E-state index contributed by atoms with van der Waals surface area (Å²) in [5, 5.41) is 11.7. The van der Waals surface area contributed by atoms with Gasteiger partial charge in [-0.15, -0.1) is 16.4 Å². The molecule has 2 aromatic carbocycles. The Morgan fingerprint density at radius 1 is 1.10 bits per heavy atom. The molecule has 0 saturated heterocycles. The number of aromatic nitrogens is 3. The molecule has 2 heterocycles. The molecule has 0 aliphatic rings. The van der Waals surface area contributed by atoms with Gasteiger partial charge in [0.25, 0.3) is 0 Å². The topological polar surface area (TPSA) is 88.4 Å². The summed E-state index contributed by atoms with van der Waals surface area (Å²) < 4.78 is 14.8. The number of anilines is 1. The molecule has 0 unspecified atom stereocenters. The van der Waals surface area contributed by atoms with Crippen molar-refractivity contribution in [3.8, 4) is 11.4 Å². The number of halogens is 1. The summed E-state index contributed by atoms with van der Waals surface area (Å²) in [4.78, 5) is 29.5. The largest absolute Gasteiger partial charge is 0.347 e. The third-order valence-corrected chi connectivity index (χ3v) is 5.62. The predicted molar refractivity (Wildman–Crippen MR) is 118 cm³/mol. The smallest absolute Gasteiger partial charge is 0.313 e.